The van der Waals surface area contributed by atoms with Crippen molar-refractivity contribution in [3.63, 3.8) is 0 Å². The van der Waals surface area contributed by atoms with E-state index in [4.69, 9.17) is 0 Å². The topological polar surface area (TPSA) is 46.2 Å². The Labute approximate surface area is 83.1 Å². The molecule has 1 amide bonds. The highest BCUT2D eigenvalue weighted by Gasteiger charge is 2.06. The molecule has 0 bridgehead atoms. The molecule has 0 saturated carbocycles. The molecule has 0 aliphatic rings. The predicted molar refractivity (Wildman–Crippen MR) is 54.5 cm³/mol. The molecule has 0 fully saturated rings. The average molecular weight is 191 g/mol. The van der Waals surface area contributed by atoms with Gasteiger partial charge in [-0.1, -0.05) is 12.1 Å². The first kappa shape index (κ1) is 10.4. The molecule has 0 radical (unpaired) electrons. The molecule has 1 aromatic carbocycles. The first-order valence-electron chi connectivity index (χ1n) is 4.54. The molecule has 14 heavy (non-hydrogen) atoms. The summed E-state index contributed by atoms with van der Waals surface area (Å²) in [7, 11) is 0. The van der Waals surface area contributed by atoms with Gasteiger partial charge in [0.15, 0.2) is 5.78 Å². The van der Waals surface area contributed by atoms with Gasteiger partial charge >= 0.3 is 0 Å². The summed E-state index contributed by atoms with van der Waals surface area (Å²) in [6.45, 7) is 3.92. The van der Waals surface area contributed by atoms with Crippen molar-refractivity contribution in [3.05, 3.63) is 35.4 Å². The van der Waals surface area contributed by atoms with E-state index in [9.17, 15) is 9.59 Å². The van der Waals surface area contributed by atoms with Crippen molar-refractivity contribution in [1.29, 1.82) is 0 Å². The molecule has 0 atom stereocenters. The van der Waals surface area contributed by atoms with Crippen LogP contribution in [0.1, 0.15) is 34.6 Å². The van der Waals surface area contributed by atoms with E-state index in [0.717, 1.165) is 0 Å². The molecule has 1 aromatic rings. The van der Waals surface area contributed by atoms with Gasteiger partial charge in [0.05, 0.1) is 0 Å². The van der Waals surface area contributed by atoms with Gasteiger partial charge in [0.25, 0.3) is 5.91 Å². The maximum absolute atomic E-state index is 11.4. The maximum Gasteiger partial charge on any atom is 0.251 e. The zero-order valence-corrected chi connectivity index (χ0v) is 8.33. The van der Waals surface area contributed by atoms with Crippen LogP contribution in [0, 0.1) is 0 Å². The Bertz CT molecular complexity index is 358. The number of ketones is 1. The zero-order chi connectivity index (χ0) is 10.6. The molecule has 0 heterocycles. The molecule has 74 valence electrons. The molecular formula is C11H13NO2. The Morgan fingerprint density at radius 1 is 1.29 bits per heavy atom. The van der Waals surface area contributed by atoms with E-state index in [1.54, 1.807) is 24.3 Å². The maximum atomic E-state index is 11.4. The average Bonchev–Trinajstić information content (AvgIpc) is 2.18. The van der Waals surface area contributed by atoms with Crippen molar-refractivity contribution in [2.75, 3.05) is 6.54 Å². The van der Waals surface area contributed by atoms with Gasteiger partial charge in [0.2, 0.25) is 0 Å². The molecule has 3 nitrogen and oxygen atoms in total. The molecule has 1 N–H and O–H groups in total. The summed E-state index contributed by atoms with van der Waals surface area (Å²) in [6, 6.07) is 6.71. The predicted octanol–water partition coefficient (Wildman–Crippen LogP) is 1.64. The lowest BCUT2D eigenvalue weighted by atomic mass is 10.1. The van der Waals surface area contributed by atoms with Crippen LogP contribution in [0.4, 0.5) is 0 Å². The molecular weight excluding hydrogens is 178 g/mol. The lowest BCUT2D eigenvalue weighted by Crippen LogP contribution is -2.22. The molecule has 0 saturated heterocycles. The van der Waals surface area contributed by atoms with Crippen LogP contribution < -0.4 is 5.32 Å². The Balaban J connectivity index is 2.93. The minimum atomic E-state index is -0.143. The Morgan fingerprint density at radius 3 is 2.50 bits per heavy atom. The minimum Gasteiger partial charge on any atom is -0.352 e. The second kappa shape index (κ2) is 4.56. The molecule has 0 unspecified atom stereocenters. The monoisotopic (exact) mass is 191 g/mol. The minimum absolute atomic E-state index is 0.0313. The number of hydrogen-bond donors (Lipinski definition) is 1. The van der Waals surface area contributed by atoms with E-state index in [2.05, 4.69) is 5.32 Å². The highest BCUT2D eigenvalue weighted by molar-refractivity contribution is 5.99. The van der Waals surface area contributed by atoms with Crippen molar-refractivity contribution >= 4 is 11.7 Å². The van der Waals surface area contributed by atoms with Crippen molar-refractivity contribution in [2.24, 2.45) is 0 Å². The summed E-state index contributed by atoms with van der Waals surface area (Å²) in [4.78, 5) is 22.4. The first-order chi connectivity index (χ1) is 6.65. The number of carbonyl (C=O) groups excluding carboxylic acids is 2. The van der Waals surface area contributed by atoms with Gasteiger partial charge in [-0.25, -0.2) is 0 Å². The SMILES string of the molecule is CCNC(=O)c1cccc(C(C)=O)c1. The van der Waals surface area contributed by atoms with E-state index < -0.39 is 0 Å². The zero-order valence-electron chi connectivity index (χ0n) is 8.33. The van der Waals surface area contributed by atoms with Crippen LogP contribution in [0.25, 0.3) is 0 Å². The molecule has 0 aliphatic heterocycles. The van der Waals surface area contributed by atoms with E-state index in [-0.39, 0.29) is 11.7 Å². The number of Topliss-reactive ketones (excluding diaryl/α,β-unsaturated/α-hetero) is 1. The summed E-state index contributed by atoms with van der Waals surface area (Å²) < 4.78 is 0. The van der Waals surface area contributed by atoms with Gasteiger partial charge < -0.3 is 5.32 Å². The number of hydrogen-bond acceptors (Lipinski definition) is 2. The Kier molecular flexibility index (Phi) is 3.40. The fourth-order valence-electron chi connectivity index (χ4n) is 1.14. The number of amides is 1. The highest BCUT2D eigenvalue weighted by atomic mass is 16.1. The summed E-state index contributed by atoms with van der Waals surface area (Å²) >= 11 is 0. The van der Waals surface area contributed by atoms with Crippen molar-refractivity contribution in [2.45, 2.75) is 13.8 Å². The number of rotatable bonds is 3. The normalized spacial score (nSPS) is 9.57. The van der Waals surface area contributed by atoms with Gasteiger partial charge in [-0.15, -0.1) is 0 Å². The second-order valence-corrected chi connectivity index (χ2v) is 3.00. The van der Waals surface area contributed by atoms with E-state index >= 15 is 0 Å². The summed E-state index contributed by atoms with van der Waals surface area (Å²) in [5, 5.41) is 2.68. The Hall–Kier alpha value is -1.64. The largest absolute Gasteiger partial charge is 0.352 e. The molecule has 1 rings (SSSR count). The Morgan fingerprint density at radius 2 is 1.93 bits per heavy atom. The number of benzene rings is 1. The summed E-state index contributed by atoms with van der Waals surface area (Å²) in [5.41, 5.74) is 1.09. The summed E-state index contributed by atoms with van der Waals surface area (Å²) in [6.07, 6.45) is 0. The van der Waals surface area contributed by atoms with E-state index in [1.807, 2.05) is 6.92 Å². The fourth-order valence-corrected chi connectivity index (χ4v) is 1.14. The van der Waals surface area contributed by atoms with Crippen LogP contribution in [0.15, 0.2) is 24.3 Å². The van der Waals surface area contributed by atoms with E-state index in [1.165, 1.54) is 6.92 Å². The molecule has 0 aromatic heterocycles. The smallest absolute Gasteiger partial charge is 0.251 e. The van der Waals surface area contributed by atoms with E-state index in [0.29, 0.717) is 17.7 Å². The molecule has 3 heteroatoms. The number of carbonyl (C=O) groups is 2. The molecule has 0 spiro atoms. The lowest BCUT2D eigenvalue weighted by molar-refractivity contribution is 0.0956. The van der Waals surface area contributed by atoms with Crippen LogP contribution >= 0.6 is 0 Å². The van der Waals surface area contributed by atoms with Crippen LogP contribution in [0.5, 0.6) is 0 Å². The van der Waals surface area contributed by atoms with Crippen molar-refractivity contribution in [1.82, 2.24) is 5.32 Å². The fraction of sp³-hybridized carbons (Fsp3) is 0.273. The van der Waals surface area contributed by atoms with Crippen LogP contribution in [-0.2, 0) is 0 Å². The quantitative estimate of drug-likeness (QED) is 0.738. The van der Waals surface area contributed by atoms with Crippen LogP contribution in [0.2, 0.25) is 0 Å². The van der Waals surface area contributed by atoms with Crippen molar-refractivity contribution in [3.8, 4) is 0 Å². The summed E-state index contributed by atoms with van der Waals surface area (Å²) in [5.74, 6) is -0.174. The third kappa shape index (κ3) is 2.42. The lowest BCUT2D eigenvalue weighted by Gasteiger charge is -2.02. The standard InChI is InChI=1S/C11H13NO2/c1-3-12-11(14)10-6-4-5-9(7-10)8(2)13/h4-7H,3H2,1-2H3,(H,12,14). The van der Waals surface area contributed by atoms with Gasteiger partial charge in [-0.2, -0.15) is 0 Å². The van der Waals surface area contributed by atoms with Gasteiger partial charge in [0, 0.05) is 17.7 Å². The third-order valence-corrected chi connectivity index (χ3v) is 1.87. The van der Waals surface area contributed by atoms with Crippen molar-refractivity contribution < 1.29 is 9.59 Å². The second-order valence-electron chi connectivity index (χ2n) is 3.00. The van der Waals surface area contributed by atoms with Crippen LogP contribution in [0.3, 0.4) is 0 Å². The van der Waals surface area contributed by atoms with Gasteiger partial charge in [-0.3, -0.25) is 9.59 Å². The number of nitrogens with one attached hydrogen (secondary N) is 1. The third-order valence-electron chi connectivity index (χ3n) is 1.87. The van der Waals surface area contributed by atoms with Gasteiger partial charge in [0.1, 0.15) is 0 Å². The highest BCUT2D eigenvalue weighted by Crippen LogP contribution is 2.05. The van der Waals surface area contributed by atoms with Crippen LogP contribution in [-0.4, -0.2) is 18.2 Å². The van der Waals surface area contributed by atoms with Gasteiger partial charge in [-0.05, 0) is 26.0 Å². The molecule has 0 aliphatic carbocycles. The first-order valence-corrected chi connectivity index (χ1v) is 4.54.